The lowest BCUT2D eigenvalue weighted by Gasteiger charge is -2.24. The second kappa shape index (κ2) is 8.41. The maximum Gasteiger partial charge on any atom is 0.396 e. The first-order chi connectivity index (χ1) is 13.1. The van der Waals surface area contributed by atoms with Crippen molar-refractivity contribution >= 4 is 23.2 Å². The van der Waals surface area contributed by atoms with Crippen LogP contribution in [0.15, 0.2) is 48.5 Å². The molecule has 4 nitrogen and oxygen atoms in total. The molecule has 0 aromatic heterocycles. The molecular weight excluding hydrogens is 376 g/mol. The molecule has 0 aliphatic heterocycles. The zero-order chi connectivity index (χ0) is 20.9. The molecule has 2 rings (SSSR count). The normalized spacial score (nSPS) is 11.8. The molecule has 0 atom stereocenters. The Morgan fingerprint density at radius 3 is 1.43 bits per heavy atom. The van der Waals surface area contributed by atoms with E-state index in [0.717, 1.165) is 11.1 Å². The van der Waals surface area contributed by atoms with Crippen molar-refractivity contribution in [2.45, 2.75) is 38.5 Å². The van der Waals surface area contributed by atoms with Gasteiger partial charge in [-0.3, -0.25) is 9.59 Å². The zero-order valence-corrected chi connectivity index (χ0v) is 15.4. The molecule has 28 heavy (non-hydrogen) atoms. The fourth-order valence-corrected chi connectivity index (χ4v) is 2.44. The van der Waals surface area contributed by atoms with E-state index in [4.69, 9.17) is 0 Å². The average Bonchev–Trinajstić information content (AvgIpc) is 2.67. The summed E-state index contributed by atoms with van der Waals surface area (Å²) in [4.78, 5) is 23.6. The third-order valence-electron chi connectivity index (χ3n) is 4.15. The lowest BCUT2D eigenvalue weighted by Crippen LogP contribution is -2.56. The number of alkyl halides is 4. The van der Waals surface area contributed by atoms with E-state index in [9.17, 15) is 27.2 Å². The summed E-state index contributed by atoms with van der Waals surface area (Å²) in [6.07, 6.45) is 1.13. The number of carbonyl (C=O) groups excluding carboxylic acids is 2. The zero-order valence-electron chi connectivity index (χ0n) is 15.4. The van der Waals surface area contributed by atoms with E-state index in [-0.39, 0.29) is 11.4 Å². The van der Waals surface area contributed by atoms with Gasteiger partial charge >= 0.3 is 23.7 Å². The maximum atomic E-state index is 14.1. The van der Waals surface area contributed by atoms with Crippen LogP contribution in [-0.4, -0.2) is 23.7 Å². The molecule has 2 N–H and O–H groups in total. The summed E-state index contributed by atoms with van der Waals surface area (Å²) >= 11 is 0. The van der Waals surface area contributed by atoms with Gasteiger partial charge in [-0.2, -0.15) is 17.6 Å². The van der Waals surface area contributed by atoms with Crippen LogP contribution >= 0.6 is 0 Å². The number of benzene rings is 2. The SMILES string of the molecule is CCc1cccc(NC(=O)C(F)(F)C(F)(F)C(=O)Nc2cccc(CC)c2)c1. The van der Waals surface area contributed by atoms with Crippen LogP contribution in [0.2, 0.25) is 0 Å². The van der Waals surface area contributed by atoms with Crippen molar-refractivity contribution in [1.29, 1.82) is 0 Å². The minimum Gasteiger partial charge on any atom is -0.321 e. The van der Waals surface area contributed by atoms with Crippen LogP contribution in [0.5, 0.6) is 0 Å². The van der Waals surface area contributed by atoms with Crippen molar-refractivity contribution < 1.29 is 27.2 Å². The van der Waals surface area contributed by atoms with Gasteiger partial charge in [0.25, 0.3) is 0 Å². The number of hydrogen-bond donors (Lipinski definition) is 2. The maximum absolute atomic E-state index is 14.1. The monoisotopic (exact) mass is 396 g/mol. The predicted octanol–water partition coefficient (Wildman–Crippen LogP) is 4.66. The van der Waals surface area contributed by atoms with Crippen LogP contribution in [0.3, 0.4) is 0 Å². The number of carbonyl (C=O) groups is 2. The quantitative estimate of drug-likeness (QED) is 0.669. The highest BCUT2D eigenvalue weighted by atomic mass is 19.3. The van der Waals surface area contributed by atoms with Gasteiger partial charge in [-0.25, -0.2) is 0 Å². The number of aryl methyl sites for hydroxylation is 2. The first-order valence-corrected chi connectivity index (χ1v) is 8.68. The van der Waals surface area contributed by atoms with E-state index in [2.05, 4.69) is 0 Å². The molecule has 0 bridgehead atoms. The van der Waals surface area contributed by atoms with Crippen LogP contribution < -0.4 is 10.6 Å². The molecule has 0 fully saturated rings. The minimum absolute atomic E-state index is 0.0594. The molecule has 0 saturated carbocycles. The first-order valence-electron chi connectivity index (χ1n) is 8.68. The van der Waals surface area contributed by atoms with E-state index in [0.29, 0.717) is 12.8 Å². The molecule has 0 radical (unpaired) electrons. The Morgan fingerprint density at radius 2 is 1.11 bits per heavy atom. The molecule has 0 saturated heterocycles. The van der Waals surface area contributed by atoms with Gasteiger partial charge in [0.05, 0.1) is 0 Å². The summed E-state index contributed by atoms with van der Waals surface area (Å²) in [5.41, 5.74) is 1.33. The molecule has 0 heterocycles. The Balaban J connectivity index is 2.18. The van der Waals surface area contributed by atoms with Crippen LogP contribution in [0.4, 0.5) is 28.9 Å². The Labute approximate surface area is 159 Å². The number of hydrogen-bond acceptors (Lipinski definition) is 2. The third kappa shape index (κ3) is 4.49. The number of nitrogens with one attached hydrogen (secondary N) is 2. The molecule has 0 spiro atoms. The molecular formula is C20H20F4N2O2. The second-order valence-electron chi connectivity index (χ2n) is 6.16. The lowest BCUT2D eigenvalue weighted by molar-refractivity contribution is -0.204. The number of halogens is 4. The number of amides is 2. The van der Waals surface area contributed by atoms with E-state index in [1.165, 1.54) is 36.4 Å². The van der Waals surface area contributed by atoms with E-state index >= 15 is 0 Å². The van der Waals surface area contributed by atoms with Crippen molar-refractivity contribution in [1.82, 2.24) is 0 Å². The highest BCUT2D eigenvalue weighted by Gasteiger charge is 2.67. The smallest absolute Gasteiger partial charge is 0.321 e. The molecule has 8 heteroatoms. The van der Waals surface area contributed by atoms with Gasteiger partial charge in [0.1, 0.15) is 0 Å². The van der Waals surface area contributed by atoms with E-state index < -0.39 is 23.7 Å². The van der Waals surface area contributed by atoms with Gasteiger partial charge in [-0.1, -0.05) is 38.1 Å². The molecule has 2 amide bonds. The lowest BCUT2D eigenvalue weighted by atomic mass is 10.1. The molecule has 0 aliphatic rings. The number of rotatable bonds is 7. The van der Waals surface area contributed by atoms with Crippen molar-refractivity contribution in [3.05, 3.63) is 59.7 Å². The van der Waals surface area contributed by atoms with Gasteiger partial charge in [-0.05, 0) is 48.2 Å². The van der Waals surface area contributed by atoms with Crippen LogP contribution in [0.25, 0.3) is 0 Å². The summed E-state index contributed by atoms with van der Waals surface area (Å²) in [5.74, 6) is -15.0. The predicted molar refractivity (Wildman–Crippen MR) is 98.8 cm³/mol. The minimum atomic E-state index is -5.25. The summed E-state index contributed by atoms with van der Waals surface area (Å²) < 4.78 is 56.6. The largest absolute Gasteiger partial charge is 0.396 e. The van der Waals surface area contributed by atoms with Crippen molar-refractivity contribution in [3.63, 3.8) is 0 Å². The van der Waals surface area contributed by atoms with Crippen molar-refractivity contribution in [2.75, 3.05) is 10.6 Å². The molecule has 0 unspecified atom stereocenters. The van der Waals surface area contributed by atoms with Crippen LogP contribution in [0, 0.1) is 0 Å². The van der Waals surface area contributed by atoms with Gasteiger partial charge in [-0.15, -0.1) is 0 Å². The summed E-state index contributed by atoms with van der Waals surface area (Å²) in [7, 11) is 0. The summed E-state index contributed by atoms with van der Waals surface area (Å²) in [5, 5.41) is 3.50. The Hall–Kier alpha value is -2.90. The van der Waals surface area contributed by atoms with Crippen molar-refractivity contribution in [2.24, 2.45) is 0 Å². The van der Waals surface area contributed by atoms with Gasteiger partial charge in [0, 0.05) is 11.4 Å². The van der Waals surface area contributed by atoms with E-state index in [1.54, 1.807) is 22.8 Å². The number of anilines is 2. The standard InChI is InChI=1S/C20H20F4N2O2/c1-3-13-7-5-9-15(11-13)25-17(27)19(21,22)20(23,24)18(28)26-16-10-6-8-14(4-2)12-16/h5-12H,3-4H2,1-2H3,(H,25,27)(H,26,28). The Bertz CT molecular complexity index is 797. The van der Waals surface area contributed by atoms with Crippen LogP contribution in [-0.2, 0) is 22.4 Å². The van der Waals surface area contributed by atoms with Gasteiger partial charge in [0.2, 0.25) is 0 Å². The molecule has 2 aromatic carbocycles. The van der Waals surface area contributed by atoms with E-state index in [1.807, 2.05) is 13.8 Å². The van der Waals surface area contributed by atoms with Gasteiger partial charge in [0.15, 0.2) is 0 Å². The fraction of sp³-hybridized carbons (Fsp3) is 0.300. The Morgan fingerprint density at radius 1 is 0.750 bits per heavy atom. The fourth-order valence-electron chi connectivity index (χ4n) is 2.44. The first kappa shape index (κ1) is 21.4. The second-order valence-corrected chi connectivity index (χ2v) is 6.16. The highest BCUT2D eigenvalue weighted by Crippen LogP contribution is 2.36. The average molecular weight is 396 g/mol. The van der Waals surface area contributed by atoms with Crippen LogP contribution in [0.1, 0.15) is 25.0 Å². The molecule has 150 valence electrons. The molecule has 2 aromatic rings. The summed E-state index contributed by atoms with van der Waals surface area (Å²) in [6.45, 7) is 3.61. The third-order valence-corrected chi connectivity index (χ3v) is 4.15. The summed E-state index contributed by atoms with van der Waals surface area (Å²) in [6, 6.07) is 11.8. The van der Waals surface area contributed by atoms with Gasteiger partial charge < -0.3 is 10.6 Å². The molecule has 0 aliphatic carbocycles. The highest BCUT2D eigenvalue weighted by molar-refractivity contribution is 6.05. The Kier molecular flexibility index (Phi) is 6.43. The topological polar surface area (TPSA) is 58.2 Å². The van der Waals surface area contributed by atoms with Crippen molar-refractivity contribution in [3.8, 4) is 0 Å².